The van der Waals surface area contributed by atoms with Crippen LogP contribution in [0, 0.1) is 0 Å². The molecule has 0 aliphatic rings. The molecule has 0 fully saturated rings. The molecule has 12 heterocycles. The van der Waals surface area contributed by atoms with E-state index in [1.165, 1.54) is 82.5 Å². The van der Waals surface area contributed by atoms with Crippen LogP contribution >= 0.6 is 74.7 Å². The van der Waals surface area contributed by atoms with E-state index in [9.17, 15) is 53.2 Å². The Labute approximate surface area is 841 Å². The number of hydrogen-bond donors (Lipinski definition) is 2. The monoisotopic (exact) mass is 2120 g/mol. The number of halogens is 6. The van der Waals surface area contributed by atoms with Gasteiger partial charge in [-0.1, -0.05) is 184 Å². The van der Waals surface area contributed by atoms with Gasteiger partial charge in [0.25, 0.3) is 40.1 Å². The van der Waals surface area contributed by atoms with Gasteiger partial charge in [-0.2, -0.15) is 0 Å². The zero-order valence-corrected chi connectivity index (χ0v) is 86.7. The predicted octanol–water partition coefficient (Wildman–Crippen LogP) is 20.1. The minimum Gasteiger partial charge on any atom is -0.382 e. The molecule has 0 radical (unpaired) electrons. The van der Waals surface area contributed by atoms with Gasteiger partial charge >= 0.3 is 0 Å². The Kier molecular flexibility index (Phi) is 34.5. The van der Waals surface area contributed by atoms with Crippen molar-refractivity contribution in [2.45, 2.75) is 130 Å². The van der Waals surface area contributed by atoms with E-state index in [0.29, 0.717) is 54.5 Å². The maximum absolute atomic E-state index is 13.7. The molecule has 0 bridgehead atoms. The first kappa shape index (κ1) is 107. The van der Waals surface area contributed by atoms with Gasteiger partial charge in [0.15, 0.2) is 6.29 Å². The Hall–Kier alpha value is -12.0. The fourth-order valence-corrected chi connectivity index (χ4v) is 20.2. The van der Waals surface area contributed by atoms with Crippen LogP contribution in [-0.4, -0.2) is 156 Å². The number of nitrogens with zero attached hydrogens (tertiary/aromatic N) is 15. The molecule has 0 saturated carbocycles. The molecular weight excluding hydrogens is 2030 g/mol. The second-order valence-corrected chi connectivity index (χ2v) is 45.1. The van der Waals surface area contributed by atoms with Crippen LogP contribution < -0.4 is 17.6 Å². The lowest BCUT2D eigenvalue weighted by Gasteiger charge is -2.27. The summed E-state index contributed by atoms with van der Waals surface area (Å²) in [5, 5.41) is 12.2. The average Bonchev–Trinajstić information content (AvgIpc) is 1.62. The second-order valence-electron chi connectivity index (χ2n) is 35.3. The molecule has 728 valence electrons. The first-order valence-electron chi connectivity index (χ1n) is 42.3. The highest BCUT2D eigenvalue weighted by molar-refractivity contribution is 9.10. The maximum Gasteiger partial charge on any atom is 0.266 e. The molecule has 41 heteroatoms. The van der Waals surface area contributed by atoms with E-state index in [1.807, 2.05) is 70.3 Å². The molecule has 1 atom stereocenters. The Morgan fingerprint density at radius 3 is 1.14 bits per heavy atom. The number of anilines is 4. The summed E-state index contributed by atoms with van der Waals surface area (Å²) >= 11 is 27.7. The number of methoxy groups -OCH3 is 3. The quantitative estimate of drug-likeness (QED) is 0.0232. The van der Waals surface area contributed by atoms with Crippen LogP contribution in [0.4, 0.5) is 22.7 Å². The fourth-order valence-electron chi connectivity index (χ4n) is 13.8. The smallest absolute Gasteiger partial charge is 0.266 e. The van der Waals surface area contributed by atoms with Gasteiger partial charge in [0.2, 0.25) is 11.6 Å². The van der Waals surface area contributed by atoms with Crippen LogP contribution in [0.3, 0.4) is 0 Å². The number of fused-ring (bicyclic) bond motifs is 4. The van der Waals surface area contributed by atoms with Gasteiger partial charge in [0.1, 0.15) is 64.9 Å². The van der Waals surface area contributed by atoms with Gasteiger partial charge in [0, 0.05) is 143 Å². The van der Waals surface area contributed by atoms with E-state index in [0.717, 1.165) is 47.1 Å². The van der Waals surface area contributed by atoms with Crippen molar-refractivity contribution in [2.75, 3.05) is 59.2 Å². The van der Waals surface area contributed by atoms with Crippen molar-refractivity contribution in [3.8, 4) is 0 Å². The molecule has 4 aromatic carbocycles. The number of aliphatic hydroxyl groups excluding tert-OH is 1. The van der Waals surface area contributed by atoms with Crippen LogP contribution in [0.25, 0.3) is 22.6 Å². The number of aromatic nitrogens is 12. The van der Waals surface area contributed by atoms with Crippen molar-refractivity contribution in [1.82, 2.24) is 57.5 Å². The third-order valence-electron chi connectivity index (χ3n) is 21.4. The molecule has 31 nitrogen and oxygen atoms in total. The number of pyridine rings is 8. The number of imidazole rings is 4. The zero-order chi connectivity index (χ0) is 100. The highest BCUT2D eigenvalue weighted by atomic mass is 79.9. The zero-order valence-electron chi connectivity index (χ0n) is 78.0. The van der Waals surface area contributed by atoms with E-state index in [1.54, 1.807) is 197 Å². The Morgan fingerprint density at radius 1 is 0.410 bits per heavy atom. The predicted molar refractivity (Wildman–Crippen MR) is 545 cm³/mol. The largest absolute Gasteiger partial charge is 0.382 e. The molecule has 0 aliphatic carbocycles. The van der Waals surface area contributed by atoms with Gasteiger partial charge in [-0.15, -0.1) is 12.4 Å². The highest BCUT2D eigenvalue weighted by Crippen LogP contribution is 2.39. The van der Waals surface area contributed by atoms with Gasteiger partial charge in [0.05, 0.1) is 68.1 Å². The number of carbonyl (C=O) groups excluding carboxylic acids is 3. The second kappa shape index (κ2) is 44.7. The fraction of sp³-hybridized carbons (Fsp3) is 0.235. The molecule has 0 aliphatic heterocycles. The molecule has 16 rings (SSSR count). The first-order chi connectivity index (χ1) is 65.0. The maximum atomic E-state index is 13.7. The number of ketones is 2. The van der Waals surface area contributed by atoms with E-state index < -0.39 is 57.8 Å². The van der Waals surface area contributed by atoms with Crippen LogP contribution in [0.15, 0.2) is 293 Å². The molecular formula is C98H100BrCl5N16O15S4. The molecule has 2 N–H and O–H groups in total. The minimum atomic E-state index is -4.12. The number of hydrogen-bond acceptors (Lipinski definition) is 23. The summed E-state index contributed by atoms with van der Waals surface area (Å²) in [6.45, 7) is 23.9. The summed E-state index contributed by atoms with van der Waals surface area (Å²) in [7, 11) is -11.8. The van der Waals surface area contributed by atoms with Gasteiger partial charge in [-0.25, -0.2) is 81.5 Å². The Bertz CT molecular complexity index is 7610. The van der Waals surface area contributed by atoms with Crippen LogP contribution in [0.2, 0.25) is 20.1 Å². The summed E-state index contributed by atoms with van der Waals surface area (Å²) in [6, 6.07) is 46.3. The van der Waals surface area contributed by atoms with Gasteiger partial charge in [-0.05, 0) is 175 Å². The number of aldehydes is 1. The molecule has 1 unspecified atom stereocenters. The third-order valence-corrected chi connectivity index (χ3v) is 29.4. The number of sulfonamides is 4. The summed E-state index contributed by atoms with van der Waals surface area (Å²) in [6.07, 6.45) is 25.3. The summed E-state index contributed by atoms with van der Waals surface area (Å²) in [5.41, 5.74) is 8.85. The van der Waals surface area contributed by atoms with Gasteiger partial charge < -0.3 is 36.9 Å². The molecule has 0 spiro atoms. The van der Waals surface area contributed by atoms with Crippen molar-refractivity contribution in [3.05, 3.63) is 355 Å². The van der Waals surface area contributed by atoms with E-state index >= 15 is 0 Å². The number of nitrogens with one attached hydrogen (secondary N) is 1. The third kappa shape index (κ3) is 25.8. The van der Waals surface area contributed by atoms with E-state index in [4.69, 9.17) is 60.6 Å². The summed E-state index contributed by atoms with van der Waals surface area (Å²) in [5.74, 6) is -0.912. The van der Waals surface area contributed by atoms with Crippen molar-refractivity contribution in [2.24, 2.45) is 0 Å². The highest BCUT2D eigenvalue weighted by Gasteiger charge is 2.35. The number of rotatable bonds is 25. The number of benzene rings is 4. The van der Waals surface area contributed by atoms with Crippen LogP contribution in [-0.2, 0) is 76.0 Å². The topological polar surface area (TPSA) is 378 Å². The van der Waals surface area contributed by atoms with Crippen LogP contribution in [0.1, 0.15) is 165 Å². The normalized spacial score (nSPS) is 12.2. The lowest BCUT2D eigenvalue weighted by Crippen LogP contribution is -2.34. The molecule has 139 heavy (non-hydrogen) atoms. The van der Waals surface area contributed by atoms with E-state index in [2.05, 4.69) is 102 Å². The van der Waals surface area contributed by atoms with Crippen molar-refractivity contribution < 1.29 is 67.4 Å². The minimum absolute atomic E-state index is 0. The molecule has 12 aromatic heterocycles. The standard InChI is InChI=1S/C25H27ClN4O4S.C25H25ClN4O4S.C23H21ClN4O3S.C17H20BrClN2O3S.C8H6N2O.ClH/c2*1-25(2,3)18-6-8-20(9-7-18)35(32,33)30(16-34-4)21-13-19(26)14-28-23(21)24(31)17-5-10-22-27-11-12-29(22)15-17;1-23(2,3)16-5-7-18(8-6-16)32(30,31)27-19-12-17(24)13-26-21(19)22(29)15-4-9-20-25-10-11-28(20)14-15;1-17(2,3)12-5-7-14(8-6-12)25(22,23)21(11-24-4)15-9-13(19)10-20-16(15)18;11-6-7-1-2-8-9-3-4-10(8)5-7;/h5-15,24,31H,16H2,1-4H3;5-15H,16H2,1-4H3;4-14,27H,1-3H3;5-10H,11H2,1-4H3;1-6H;1H. The molecule has 0 saturated heterocycles. The first-order valence-corrected chi connectivity index (χ1v) is 50.4. The Morgan fingerprint density at radius 2 is 0.734 bits per heavy atom. The molecule has 16 aromatic rings. The van der Waals surface area contributed by atoms with Crippen molar-refractivity contribution in [1.29, 1.82) is 0 Å². The summed E-state index contributed by atoms with van der Waals surface area (Å²) in [4.78, 5) is 70.6. The number of ether oxygens (including phenoxy) is 3. The lowest BCUT2D eigenvalue weighted by atomic mass is 9.87. The van der Waals surface area contributed by atoms with E-state index in [-0.39, 0.29) is 123 Å². The van der Waals surface area contributed by atoms with Crippen molar-refractivity contribution in [3.63, 3.8) is 0 Å². The summed E-state index contributed by atoms with van der Waals surface area (Å²) < 4.78 is 136. The SMILES string of the molecule is CC(C)(C)c1ccc(S(=O)(=O)Nc2cc(Cl)cnc2C(=O)c2ccc3nccn3c2)cc1.COCN(c1cc(Cl)cnc1Br)S(=O)(=O)c1ccc(C(C)(C)C)cc1.COCN(c1cc(Cl)cnc1C(=O)c1ccc2nccn2c1)S(=O)(=O)c1ccc(C(C)(C)C)cc1.COCN(c1cc(Cl)cnc1C(O)c1ccc2nccn2c1)S(=O)(=O)c1ccc(C(C)(C)C)cc1.Cl.O=Cc1ccc2nccn2c1. The lowest BCUT2D eigenvalue weighted by molar-refractivity contribution is 0.102. The average molecular weight is 2130 g/mol. The van der Waals surface area contributed by atoms with Gasteiger partial charge in [-0.3, -0.25) is 24.1 Å². The van der Waals surface area contributed by atoms with Crippen LogP contribution in [0.5, 0.6) is 0 Å². The number of aliphatic hydroxyl groups is 1. The number of carbonyl (C=O) groups is 3. The molecule has 0 amide bonds. The Balaban J connectivity index is 0.000000171. The van der Waals surface area contributed by atoms with Crippen molar-refractivity contribution >= 4 is 178 Å².